The van der Waals surface area contributed by atoms with Crippen LogP contribution in [0.2, 0.25) is 0 Å². The summed E-state index contributed by atoms with van der Waals surface area (Å²) in [5.74, 6) is 0.0739. The maximum absolute atomic E-state index is 13.1. The van der Waals surface area contributed by atoms with E-state index in [1.54, 1.807) is 24.5 Å². The molecular weight excluding hydrogens is 329 g/mol. The number of H-pyrrole nitrogens is 1. The third-order valence-electron chi connectivity index (χ3n) is 4.62. The molecule has 1 aliphatic rings. The molecule has 1 amide bonds. The minimum atomic E-state index is -0.284. The highest BCUT2D eigenvalue weighted by Gasteiger charge is 2.28. The van der Waals surface area contributed by atoms with Crippen molar-refractivity contribution in [3.05, 3.63) is 48.0 Å². The molecule has 0 saturated carbocycles. The Hall–Kier alpha value is -1.85. The fourth-order valence-corrected chi connectivity index (χ4v) is 3.20. The van der Waals surface area contributed by atoms with Crippen molar-refractivity contribution in [3.63, 3.8) is 0 Å². The average molecular weight is 352 g/mol. The number of rotatable bonds is 3. The van der Waals surface area contributed by atoms with Gasteiger partial charge in [-0.25, -0.2) is 4.39 Å². The minimum absolute atomic E-state index is 0. The smallest absolute Gasteiger partial charge is 0.256 e. The molecular formula is C18H23ClFN3O. The second kappa shape index (κ2) is 7.81. The molecule has 3 rings (SSSR count). The first-order valence-corrected chi connectivity index (χ1v) is 8.04. The van der Waals surface area contributed by atoms with E-state index in [2.05, 4.69) is 4.98 Å². The Morgan fingerprint density at radius 3 is 2.71 bits per heavy atom. The van der Waals surface area contributed by atoms with Crippen molar-refractivity contribution >= 4 is 18.3 Å². The SMILES string of the molecule is CC(N)C1CCCN(C(=O)c2c[nH]cc2-c2ccc(F)cc2)C1.Cl. The van der Waals surface area contributed by atoms with E-state index in [1.165, 1.54) is 12.1 Å². The van der Waals surface area contributed by atoms with Crippen LogP contribution in [-0.2, 0) is 0 Å². The molecule has 0 bridgehead atoms. The van der Waals surface area contributed by atoms with E-state index in [-0.39, 0.29) is 30.2 Å². The molecule has 2 atom stereocenters. The van der Waals surface area contributed by atoms with Gasteiger partial charge in [0.2, 0.25) is 0 Å². The standard InChI is InChI=1S/C18H22FN3O.ClH/c1-12(20)14-3-2-8-22(11-14)18(23)17-10-21-9-16(17)13-4-6-15(19)7-5-13;/h4-7,9-10,12,14,21H,2-3,8,11,20H2,1H3;1H. The quantitative estimate of drug-likeness (QED) is 0.889. The van der Waals surface area contributed by atoms with Crippen molar-refractivity contribution < 1.29 is 9.18 Å². The Labute approximate surface area is 147 Å². The number of halogens is 2. The predicted octanol–water partition coefficient (Wildman–Crippen LogP) is 3.44. The molecule has 0 aliphatic carbocycles. The lowest BCUT2D eigenvalue weighted by Crippen LogP contribution is -2.45. The number of benzene rings is 1. The highest BCUT2D eigenvalue weighted by Crippen LogP contribution is 2.27. The number of hydrogen-bond acceptors (Lipinski definition) is 2. The fourth-order valence-electron chi connectivity index (χ4n) is 3.20. The zero-order valence-corrected chi connectivity index (χ0v) is 14.5. The van der Waals surface area contributed by atoms with Gasteiger partial charge in [-0.3, -0.25) is 4.79 Å². The molecule has 2 unspecified atom stereocenters. The number of likely N-dealkylation sites (tertiary alicyclic amines) is 1. The van der Waals surface area contributed by atoms with Gasteiger partial charge in [-0.1, -0.05) is 12.1 Å². The molecule has 0 radical (unpaired) electrons. The van der Waals surface area contributed by atoms with E-state index in [9.17, 15) is 9.18 Å². The van der Waals surface area contributed by atoms with Gasteiger partial charge >= 0.3 is 0 Å². The Balaban J connectivity index is 0.00000208. The number of amides is 1. The van der Waals surface area contributed by atoms with Gasteiger partial charge in [0, 0.05) is 37.1 Å². The lowest BCUT2D eigenvalue weighted by atomic mass is 9.91. The summed E-state index contributed by atoms with van der Waals surface area (Å²) in [6, 6.07) is 6.29. The van der Waals surface area contributed by atoms with Gasteiger partial charge in [0.05, 0.1) is 5.56 Å². The van der Waals surface area contributed by atoms with Crippen molar-refractivity contribution in [3.8, 4) is 11.1 Å². The maximum atomic E-state index is 13.1. The third-order valence-corrected chi connectivity index (χ3v) is 4.62. The van der Waals surface area contributed by atoms with Crippen molar-refractivity contribution in [1.82, 2.24) is 9.88 Å². The Morgan fingerprint density at radius 2 is 2.04 bits per heavy atom. The van der Waals surface area contributed by atoms with Crippen LogP contribution in [0.4, 0.5) is 4.39 Å². The van der Waals surface area contributed by atoms with Crippen LogP contribution >= 0.6 is 12.4 Å². The Bertz CT molecular complexity index is 684. The van der Waals surface area contributed by atoms with Crippen molar-refractivity contribution in [2.24, 2.45) is 11.7 Å². The summed E-state index contributed by atoms with van der Waals surface area (Å²) in [4.78, 5) is 17.8. The van der Waals surface area contributed by atoms with Crippen LogP contribution in [0.15, 0.2) is 36.7 Å². The lowest BCUT2D eigenvalue weighted by Gasteiger charge is -2.34. The molecule has 1 aromatic heterocycles. The van der Waals surface area contributed by atoms with Gasteiger partial charge in [0.1, 0.15) is 5.82 Å². The average Bonchev–Trinajstić information content (AvgIpc) is 3.04. The number of aromatic nitrogens is 1. The molecule has 4 nitrogen and oxygen atoms in total. The summed E-state index contributed by atoms with van der Waals surface area (Å²) in [6.45, 7) is 3.46. The molecule has 1 aliphatic heterocycles. The Morgan fingerprint density at radius 1 is 1.33 bits per heavy atom. The zero-order valence-electron chi connectivity index (χ0n) is 13.7. The van der Waals surface area contributed by atoms with E-state index < -0.39 is 0 Å². The number of nitrogens with two attached hydrogens (primary N) is 1. The summed E-state index contributed by atoms with van der Waals surface area (Å²) < 4.78 is 13.1. The molecule has 6 heteroatoms. The van der Waals surface area contributed by atoms with Crippen LogP contribution in [0.3, 0.4) is 0 Å². The van der Waals surface area contributed by atoms with Crippen LogP contribution in [0, 0.1) is 11.7 Å². The minimum Gasteiger partial charge on any atom is -0.366 e. The molecule has 2 heterocycles. The summed E-state index contributed by atoms with van der Waals surface area (Å²) in [6.07, 6.45) is 5.55. The third kappa shape index (κ3) is 3.79. The van der Waals surface area contributed by atoms with Crippen molar-refractivity contribution in [2.75, 3.05) is 13.1 Å². The largest absolute Gasteiger partial charge is 0.366 e. The van der Waals surface area contributed by atoms with Crippen molar-refractivity contribution in [1.29, 1.82) is 0 Å². The zero-order chi connectivity index (χ0) is 16.4. The summed E-state index contributed by atoms with van der Waals surface area (Å²) >= 11 is 0. The van der Waals surface area contributed by atoms with Gasteiger partial charge in [0.25, 0.3) is 5.91 Å². The van der Waals surface area contributed by atoms with E-state index in [1.807, 2.05) is 11.8 Å². The summed E-state index contributed by atoms with van der Waals surface area (Å²) in [5, 5.41) is 0. The molecule has 1 saturated heterocycles. The molecule has 2 aromatic rings. The van der Waals surface area contributed by atoms with E-state index in [4.69, 9.17) is 5.73 Å². The fraction of sp³-hybridized carbons (Fsp3) is 0.389. The monoisotopic (exact) mass is 351 g/mol. The first-order chi connectivity index (χ1) is 11.1. The van der Waals surface area contributed by atoms with Crippen LogP contribution in [-0.4, -0.2) is 34.9 Å². The first-order valence-electron chi connectivity index (χ1n) is 8.04. The van der Waals surface area contributed by atoms with Gasteiger partial charge in [0.15, 0.2) is 0 Å². The summed E-state index contributed by atoms with van der Waals surface area (Å²) in [7, 11) is 0. The first kappa shape index (κ1) is 18.5. The van der Waals surface area contributed by atoms with Crippen LogP contribution < -0.4 is 5.73 Å². The second-order valence-electron chi connectivity index (χ2n) is 6.30. The highest BCUT2D eigenvalue weighted by molar-refractivity contribution is 6.00. The molecule has 24 heavy (non-hydrogen) atoms. The van der Waals surface area contributed by atoms with Crippen LogP contribution in [0.5, 0.6) is 0 Å². The van der Waals surface area contributed by atoms with Crippen molar-refractivity contribution in [2.45, 2.75) is 25.8 Å². The number of hydrogen-bond donors (Lipinski definition) is 2. The number of nitrogens with one attached hydrogen (secondary N) is 1. The maximum Gasteiger partial charge on any atom is 0.256 e. The normalized spacial score (nSPS) is 18.8. The molecule has 130 valence electrons. The van der Waals surface area contributed by atoms with E-state index in [0.717, 1.165) is 30.5 Å². The van der Waals surface area contributed by atoms with Gasteiger partial charge in [-0.2, -0.15) is 0 Å². The van der Waals surface area contributed by atoms with Gasteiger partial charge in [-0.05, 0) is 43.4 Å². The predicted molar refractivity (Wildman–Crippen MR) is 95.7 cm³/mol. The van der Waals surface area contributed by atoms with Gasteiger partial charge < -0.3 is 15.6 Å². The van der Waals surface area contributed by atoms with Crippen LogP contribution in [0.1, 0.15) is 30.1 Å². The molecule has 1 aromatic carbocycles. The molecule has 0 spiro atoms. The molecule has 1 fully saturated rings. The number of carbonyl (C=O) groups is 1. The topological polar surface area (TPSA) is 62.1 Å². The number of carbonyl (C=O) groups excluding carboxylic acids is 1. The number of aromatic amines is 1. The van der Waals surface area contributed by atoms with E-state index in [0.29, 0.717) is 18.0 Å². The number of piperidine rings is 1. The van der Waals surface area contributed by atoms with E-state index >= 15 is 0 Å². The summed E-state index contributed by atoms with van der Waals surface area (Å²) in [5.41, 5.74) is 8.26. The highest BCUT2D eigenvalue weighted by atomic mass is 35.5. The van der Waals surface area contributed by atoms with Crippen LogP contribution in [0.25, 0.3) is 11.1 Å². The number of nitrogens with zero attached hydrogens (tertiary/aromatic N) is 1. The van der Waals surface area contributed by atoms with Gasteiger partial charge in [-0.15, -0.1) is 12.4 Å². The molecule has 3 N–H and O–H groups in total. The Kier molecular flexibility index (Phi) is 6.02. The second-order valence-corrected chi connectivity index (χ2v) is 6.30. The lowest BCUT2D eigenvalue weighted by molar-refractivity contribution is 0.0662.